The minimum atomic E-state index is 0.253. The lowest BCUT2D eigenvalue weighted by Gasteiger charge is -2.19. The fraction of sp³-hybridized carbons (Fsp3) is 0.625. The zero-order valence-corrected chi connectivity index (χ0v) is 7.93. The van der Waals surface area contributed by atoms with Gasteiger partial charge in [0.15, 0.2) is 12.3 Å². The summed E-state index contributed by atoms with van der Waals surface area (Å²) in [5.41, 5.74) is 0. The summed E-state index contributed by atoms with van der Waals surface area (Å²) in [7, 11) is 2.06. The van der Waals surface area contributed by atoms with Crippen LogP contribution < -0.4 is 9.88 Å². The number of nitrogens with one attached hydrogen (secondary N) is 1. The molecule has 0 aromatic carbocycles. The normalized spacial score (nSPS) is 24.2. The number of hydrogen-bond acceptors (Lipinski definition) is 3. The predicted molar refractivity (Wildman–Crippen MR) is 47.1 cm³/mol. The molecule has 66 valence electrons. The van der Waals surface area contributed by atoms with E-state index in [1.807, 2.05) is 0 Å². The van der Waals surface area contributed by atoms with Gasteiger partial charge in [-0.3, -0.25) is 0 Å². The Bertz CT molecular complexity index is 255. The van der Waals surface area contributed by atoms with Crippen molar-refractivity contribution >= 4 is 11.3 Å². The van der Waals surface area contributed by atoms with Crippen molar-refractivity contribution in [2.24, 2.45) is 7.05 Å². The molecule has 1 N–H and O–H groups in total. The van der Waals surface area contributed by atoms with Crippen molar-refractivity contribution in [3.05, 3.63) is 16.6 Å². The molecule has 2 heterocycles. The molecule has 1 aliphatic heterocycles. The number of nitrogens with zero attached hydrogens (tertiary/aromatic N) is 1. The number of ether oxygens (including phenoxy) is 1. The van der Waals surface area contributed by atoms with Crippen LogP contribution in [0.1, 0.15) is 11.1 Å². The maximum atomic E-state index is 5.63. The molecule has 4 heteroatoms. The van der Waals surface area contributed by atoms with Gasteiger partial charge in [0.1, 0.15) is 7.05 Å². The average Bonchev–Trinajstić information content (AvgIpc) is 2.53. The second-order valence-corrected chi connectivity index (χ2v) is 3.84. The topological polar surface area (TPSA) is 25.1 Å². The summed E-state index contributed by atoms with van der Waals surface area (Å²) >= 11 is 1.75. The van der Waals surface area contributed by atoms with Gasteiger partial charge in [0, 0.05) is 13.1 Å². The smallest absolute Gasteiger partial charge is 0.267 e. The number of aromatic nitrogens is 1. The molecular weight excluding hydrogens is 172 g/mol. The lowest BCUT2D eigenvalue weighted by atomic mass is 10.3. The van der Waals surface area contributed by atoms with E-state index in [0.29, 0.717) is 0 Å². The number of morpholine rings is 1. The highest BCUT2D eigenvalue weighted by Crippen LogP contribution is 2.18. The Labute approximate surface area is 76.0 Å². The van der Waals surface area contributed by atoms with Gasteiger partial charge >= 0.3 is 0 Å². The fourth-order valence-electron chi connectivity index (χ4n) is 1.38. The lowest BCUT2D eigenvalue weighted by Crippen LogP contribution is -2.39. The zero-order valence-electron chi connectivity index (χ0n) is 7.12. The minimum absolute atomic E-state index is 0.253. The molecule has 0 saturated carbocycles. The molecule has 1 aromatic rings. The summed E-state index contributed by atoms with van der Waals surface area (Å²) in [5, 5.41) is 6.70. The highest BCUT2D eigenvalue weighted by Gasteiger charge is 2.24. The maximum absolute atomic E-state index is 5.63. The third-order valence-corrected chi connectivity index (χ3v) is 3.07. The molecule has 3 nitrogen and oxygen atoms in total. The molecule has 1 aromatic heterocycles. The monoisotopic (exact) mass is 185 g/mol. The molecule has 1 atom stereocenters. The molecule has 1 saturated heterocycles. The Balaban J connectivity index is 2.13. The van der Waals surface area contributed by atoms with Gasteiger partial charge in [-0.05, 0) is 0 Å². The van der Waals surface area contributed by atoms with Gasteiger partial charge in [-0.15, -0.1) is 0 Å². The van der Waals surface area contributed by atoms with Crippen molar-refractivity contribution in [2.75, 3.05) is 19.7 Å². The van der Waals surface area contributed by atoms with Crippen LogP contribution in [0.3, 0.4) is 0 Å². The molecule has 1 aliphatic rings. The van der Waals surface area contributed by atoms with Gasteiger partial charge in [-0.25, -0.2) is 0 Å². The summed E-state index contributed by atoms with van der Waals surface area (Å²) < 4.78 is 7.76. The maximum Gasteiger partial charge on any atom is 0.267 e. The number of rotatable bonds is 1. The van der Waals surface area contributed by atoms with Crippen LogP contribution in [0.5, 0.6) is 0 Å². The molecule has 12 heavy (non-hydrogen) atoms. The van der Waals surface area contributed by atoms with E-state index in [2.05, 4.69) is 28.5 Å². The van der Waals surface area contributed by atoms with Crippen molar-refractivity contribution in [3.8, 4) is 0 Å². The second-order valence-electron chi connectivity index (χ2n) is 2.92. The van der Waals surface area contributed by atoms with Crippen LogP contribution in [0.2, 0.25) is 0 Å². The van der Waals surface area contributed by atoms with Crippen LogP contribution in [-0.4, -0.2) is 19.7 Å². The first-order valence-corrected chi connectivity index (χ1v) is 5.01. The van der Waals surface area contributed by atoms with Crippen LogP contribution in [0.4, 0.5) is 0 Å². The quantitative estimate of drug-likeness (QED) is 0.634. The van der Waals surface area contributed by atoms with Crippen LogP contribution in [-0.2, 0) is 11.8 Å². The van der Waals surface area contributed by atoms with Gasteiger partial charge < -0.3 is 10.1 Å². The summed E-state index contributed by atoms with van der Waals surface area (Å²) in [6.07, 6.45) is 2.32. The first-order valence-electron chi connectivity index (χ1n) is 4.13. The first kappa shape index (κ1) is 8.16. The van der Waals surface area contributed by atoms with Crippen LogP contribution >= 0.6 is 11.3 Å². The van der Waals surface area contributed by atoms with Crippen molar-refractivity contribution in [3.63, 3.8) is 0 Å². The lowest BCUT2D eigenvalue weighted by molar-refractivity contribution is -0.677. The summed E-state index contributed by atoms with van der Waals surface area (Å²) in [5.74, 6) is 0. The highest BCUT2D eigenvalue weighted by molar-refractivity contribution is 7.09. The van der Waals surface area contributed by atoms with Crippen molar-refractivity contribution in [1.82, 2.24) is 5.32 Å². The van der Waals surface area contributed by atoms with E-state index in [1.54, 1.807) is 11.3 Å². The van der Waals surface area contributed by atoms with E-state index in [9.17, 15) is 0 Å². The number of hydrogen-bond donors (Lipinski definition) is 1. The fourth-order valence-corrected chi connectivity index (χ4v) is 2.29. The van der Waals surface area contributed by atoms with E-state index in [1.165, 1.54) is 5.01 Å². The molecule has 0 bridgehead atoms. The van der Waals surface area contributed by atoms with Crippen LogP contribution in [0.15, 0.2) is 11.6 Å². The van der Waals surface area contributed by atoms with Gasteiger partial charge in [0.2, 0.25) is 0 Å². The van der Waals surface area contributed by atoms with Crippen LogP contribution in [0.25, 0.3) is 0 Å². The standard InChI is InChI=1S/C8H13N2OS/c1-10-3-5-12-8(10)7-6-9-2-4-11-7/h3,5,7,9H,2,4,6H2,1H3/q+1. The third-order valence-electron chi connectivity index (χ3n) is 2.02. The van der Waals surface area contributed by atoms with Gasteiger partial charge in [-0.1, -0.05) is 11.3 Å². The van der Waals surface area contributed by atoms with Crippen molar-refractivity contribution in [2.45, 2.75) is 6.10 Å². The van der Waals surface area contributed by atoms with Crippen LogP contribution in [0, 0.1) is 0 Å². The molecule has 1 fully saturated rings. The highest BCUT2D eigenvalue weighted by atomic mass is 32.1. The van der Waals surface area contributed by atoms with E-state index >= 15 is 0 Å². The molecule has 1 unspecified atom stereocenters. The zero-order chi connectivity index (χ0) is 8.39. The third kappa shape index (κ3) is 1.50. The van der Waals surface area contributed by atoms with Crippen molar-refractivity contribution in [1.29, 1.82) is 0 Å². The van der Waals surface area contributed by atoms with Gasteiger partial charge in [0.25, 0.3) is 5.01 Å². The minimum Gasteiger partial charge on any atom is -0.364 e. The first-order chi connectivity index (χ1) is 5.88. The van der Waals surface area contributed by atoms with Gasteiger partial charge in [-0.2, -0.15) is 4.57 Å². The number of aryl methyl sites for hydroxylation is 1. The second kappa shape index (κ2) is 3.51. The average molecular weight is 185 g/mol. The SMILES string of the molecule is C[n+]1ccsc1C1CNCCO1. The number of thiazole rings is 1. The largest absolute Gasteiger partial charge is 0.364 e. The Morgan fingerprint density at radius 1 is 1.75 bits per heavy atom. The molecule has 0 aliphatic carbocycles. The predicted octanol–water partition coefficient (Wildman–Crippen LogP) is 0.233. The Kier molecular flexibility index (Phi) is 2.39. The molecular formula is C8H13N2OS+. The Hall–Kier alpha value is -0.450. The van der Waals surface area contributed by atoms with Crippen molar-refractivity contribution < 1.29 is 9.30 Å². The van der Waals surface area contributed by atoms with E-state index in [0.717, 1.165) is 19.7 Å². The van der Waals surface area contributed by atoms with E-state index in [-0.39, 0.29) is 6.10 Å². The molecule has 2 rings (SSSR count). The summed E-state index contributed by atoms with van der Waals surface area (Å²) in [6.45, 7) is 2.74. The van der Waals surface area contributed by atoms with Gasteiger partial charge in [0.05, 0.1) is 12.0 Å². The molecule has 0 amide bonds. The molecule has 0 spiro atoms. The Morgan fingerprint density at radius 3 is 3.25 bits per heavy atom. The summed E-state index contributed by atoms with van der Waals surface area (Å²) in [4.78, 5) is 0. The molecule has 0 radical (unpaired) electrons. The van der Waals surface area contributed by atoms with E-state index in [4.69, 9.17) is 4.74 Å². The Morgan fingerprint density at radius 2 is 2.67 bits per heavy atom. The summed E-state index contributed by atoms with van der Waals surface area (Å²) in [6, 6.07) is 0. The van der Waals surface area contributed by atoms with E-state index < -0.39 is 0 Å².